The maximum absolute atomic E-state index is 9.00. The summed E-state index contributed by atoms with van der Waals surface area (Å²) in [6.45, 7) is -0.333. The van der Waals surface area contributed by atoms with Gasteiger partial charge in [0.05, 0.1) is 12.7 Å². The quantitative estimate of drug-likeness (QED) is 0.315. The van der Waals surface area contributed by atoms with Crippen LogP contribution in [0.5, 0.6) is 0 Å². The Morgan fingerprint density at radius 2 is 2.30 bits per heavy atom. The van der Waals surface area contributed by atoms with E-state index >= 15 is 0 Å². The molecule has 1 heterocycles. The SMILES string of the molecule is N[C@@]1(O)C[C@H](O)[C@@H](CO)O1. The Labute approximate surface area is 58.0 Å². The molecule has 60 valence electrons. The first kappa shape index (κ1) is 7.90. The van der Waals surface area contributed by atoms with E-state index in [2.05, 4.69) is 4.74 Å². The molecule has 0 aromatic carbocycles. The Morgan fingerprint density at radius 1 is 1.70 bits per heavy atom. The van der Waals surface area contributed by atoms with Gasteiger partial charge in [-0.15, -0.1) is 0 Å². The van der Waals surface area contributed by atoms with Crippen molar-refractivity contribution in [1.29, 1.82) is 0 Å². The molecule has 0 bridgehead atoms. The number of nitrogens with two attached hydrogens (primary N) is 1. The first-order chi connectivity index (χ1) is 4.55. The Bertz CT molecular complexity index is 127. The van der Waals surface area contributed by atoms with Crippen LogP contribution in [0.3, 0.4) is 0 Å². The van der Waals surface area contributed by atoms with Crippen molar-refractivity contribution in [3.8, 4) is 0 Å². The van der Waals surface area contributed by atoms with Crippen LogP contribution in [0, 0.1) is 0 Å². The zero-order chi connectivity index (χ0) is 7.78. The summed E-state index contributed by atoms with van der Waals surface area (Å²) in [5, 5.41) is 26.5. The van der Waals surface area contributed by atoms with Gasteiger partial charge in [-0.3, -0.25) is 5.73 Å². The van der Waals surface area contributed by atoms with Crippen LogP contribution in [0.2, 0.25) is 0 Å². The minimum atomic E-state index is -1.77. The molecule has 0 aromatic heterocycles. The lowest BCUT2D eigenvalue weighted by Crippen LogP contribution is -2.39. The topological polar surface area (TPSA) is 95.9 Å². The molecule has 0 spiro atoms. The summed E-state index contributed by atoms with van der Waals surface area (Å²) in [6, 6.07) is 0. The van der Waals surface area contributed by atoms with Gasteiger partial charge < -0.3 is 20.1 Å². The van der Waals surface area contributed by atoms with E-state index in [1.54, 1.807) is 0 Å². The van der Waals surface area contributed by atoms with Gasteiger partial charge >= 0.3 is 0 Å². The van der Waals surface area contributed by atoms with Gasteiger partial charge in [-0.25, -0.2) is 0 Å². The van der Waals surface area contributed by atoms with E-state index in [0.29, 0.717) is 0 Å². The van der Waals surface area contributed by atoms with Gasteiger partial charge in [0.1, 0.15) is 6.10 Å². The lowest BCUT2D eigenvalue weighted by molar-refractivity contribution is -0.194. The standard InChI is InChI=1S/C5H11NO4/c6-5(9)1-3(8)4(2-7)10-5/h3-4,7-9H,1-2,6H2/t3-,4+,5+/m0/s1. The van der Waals surface area contributed by atoms with E-state index in [1.807, 2.05) is 0 Å². The first-order valence-electron chi connectivity index (χ1n) is 3.03. The monoisotopic (exact) mass is 149 g/mol. The Kier molecular flexibility index (Phi) is 1.93. The molecule has 0 unspecified atom stereocenters. The molecule has 0 aromatic rings. The Hall–Kier alpha value is -0.200. The minimum Gasteiger partial charge on any atom is -0.394 e. The first-order valence-corrected chi connectivity index (χ1v) is 3.03. The predicted molar refractivity (Wildman–Crippen MR) is 31.7 cm³/mol. The number of hydrogen-bond acceptors (Lipinski definition) is 5. The molecule has 5 heteroatoms. The summed E-state index contributed by atoms with van der Waals surface area (Å²) in [6.07, 6.45) is -1.69. The van der Waals surface area contributed by atoms with Crippen LogP contribution in [-0.4, -0.2) is 40.0 Å². The smallest absolute Gasteiger partial charge is 0.225 e. The molecule has 3 atom stereocenters. The number of aliphatic hydroxyl groups excluding tert-OH is 2. The maximum atomic E-state index is 9.00. The fourth-order valence-electron chi connectivity index (χ4n) is 0.979. The van der Waals surface area contributed by atoms with Crippen molar-refractivity contribution in [3.63, 3.8) is 0 Å². The highest BCUT2D eigenvalue weighted by Gasteiger charge is 2.41. The van der Waals surface area contributed by atoms with Crippen molar-refractivity contribution in [3.05, 3.63) is 0 Å². The van der Waals surface area contributed by atoms with Crippen molar-refractivity contribution >= 4 is 0 Å². The number of aliphatic hydroxyl groups is 3. The van der Waals surface area contributed by atoms with Gasteiger partial charge in [0, 0.05) is 6.42 Å². The second-order valence-electron chi connectivity index (χ2n) is 2.46. The number of rotatable bonds is 1. The lowest BCUT2D eigenvalue weighted by Gasteiger charge is -2.15. The van der Waals surface area contributed by atoms with Gasteiger partial charge in [0.15, 0.2) is 0 Å². The zero-order valence-electron chi connectivity index (χ0n) is 5.40. The van der Waals surface area contributed by atoms with E-state index in [9.17, 15) is 0 Å². The van der Waals surface area contributed by atoms with Gasteiger partial charge in [-0.05, 0) is 0 Å². The molecule has 1 fully saturated rings. The van der Waals surface area contributed by atoms with Crippen LogP contribution >= 0.6 is 0 Å². The predicted octanol–water partition coefficient (Wildman–Crippen LogP) is -2.27. The summed E-state index contributed by atoms with van der Waals surface area (Å²) < 4.78 is 4.64. The van der Waals surface area contributed by atoms with Gasteiger partial charge in [-0.2, -0.15) is 0 Å². The van der Waals surface area contributed by atoms with Crippen LogP contribution in [0.1, 0.15) is 6.42 Å². The van der Waals surface area contributed by atoms with E-state index in [-0.39, 0.29) is 13.0 Å². The molecule has 0 radical (unpaired) electrons. The molecule has 0 saturated carbocycles. The fraction of sp³-hybridized carbons (Fsp3) is 1.00. The largest absolute Gasteiger partial charge is 0.394 e. The Morgan fingerprint density at radius 3 is 2.50 bits per heavy atom. The normalized spacial score (nSPS) is 48.0. The summed E-state index contributed by atoms with van der Waals surface area (Å²) >= 11 is 0. The van der Waals surface area contributed by atoms with Crippen LogP contribution in [0.15, 0.2) is 0 Å². The summed E-state index contributed by atoms with van der Waals surface area (Å²) in [5.41, 5.74) is 5.10. The lowest BCUT2D eigenvalue weighted by atomic mass is 10.2. The molecular formula is C5H11NO4. The van der Waals surface area contributed by atoms with Crippen molar-refractivity contribution < 1.29 is 20.1 Å². The van der Waals surface area contributed by atoms with Gasteiger partial charge in [-0.1, -0.05) is 0 Å². The molecule has 1 aliphatic heterocycles. The zero-order valence-corrected chi connectivity index (χ0v) is 5.40. The van der Waals surface area contributed by atoms with Crippen LogP contribution in [0.25, 0.3) is 0 Å². The summed E-state index contributed by atoms with van der Waals surface area (Å²) in [4.78, 5) is 0. The highest BCUT2D eigenvalue weighted by Crippen LogP contribution is 2.23. The average Bonchev–Trinajstić information content (AvgIpc) is 2.05. The van der Waals surface area contributed by atoms with Gasteiger partial charge in [0.2, 0.25) is 5.91 Å². The fourth-order valence-corrected chi connectivity index (χ4v) is 0.979. The minimum absolute atomic E-state index is 0.0573. The molecule has 0 amide bonds. The van der Waals surface area contributed by atoms with Gasteiger partial charge in [0.25, 0.3) is 0 Å². The molecule has 1 saturated heterocycles. The summed E-state index contributed by atoms with van der Waals surface area (Å²) in [7, 11) is 0. The molecule has 5 nitrogen and oxygen atoms in total. The second-order valence-corrected chi connectivity index (χ2v) is 2.46. The Balaban J connectivity index is 2.52. The van der Waals surface area contributed by atoms with Crippen LogP contribution < -0.4 is 5.73 Å². The van der Waals surface area contributed by atoms with Crippen molar-refractivity contribution in [2.24, 2.45) is 5.73 Å². The van der Waals surface area contributed by atoms with E-state index in [4.69, 9.17) is 21.1 Å². The molecule has 5 N–H and O–H groups in total. The van der Waals surface area contributed by atoms with E-state index in [1.165, 1.54) is 0 Å². The molecule has 10 heavy (non-hydrogen) atoms. The number of hydrogen-bond donors (Lipinski definition) is 4. The average molecular weight is 149 g/mol. The van der Waals surface area contributed by atoms with Crippen LogP contribution in [0.4, 0.5) is 0 Å². The molecule has 1 rings (SSSR count). The molecular weight excluding hydrogens is 138 g/mol. The van der Waals surface area contributed by atoms with Crippen molar-refractivity contribution in [2.45, 2.75) is 24.5 Å². The van der Waals surface area contributed by atoms with Crippen molar-refractivity contribution in [2.75, 3.05) is 6.61 Å². The van der Waals surface area contributed by atoms with E-state index < -0.39 is 18.1 Å². The third-order valence-corrected chi connectivity index (χ3v) is 1.47. The highest BCUT2D eigenvalue weighted by atomic mass is 16.7. The third-order valence-electron chi connectivity index (χ3n) is 1.47. The maximum Gasteiger partial charge on any atom is 0.225 e. The number of ether oxygens (including phenoxy) is 1. The summed E-state index contributed by atoms with van der Waals surface area (Å²) in [5.74, 6) is -1.77. The highest BCUT2D eigenvalue weighted by molar-refractivity contribution is 4.82. The van der Waals surface area contributed by atoms with E-state index in [0.717, 1.165) is 0 Å². The second kappa shape index (κ2) is 2.44. The molecule has 1 aliphatic rings. The van der Waals surface area contributed by atoms with Crippen LogP contribution in [-0.2, 0) is 4.74 Å². The third kappa shape index (κ3) is 1.44. The molecule has 0 aliphatic carbocycles. The van der Waals surface area contributed by atoms with Crippen molar-refractivity contribution in [1.82, 2.24) is 0 Å².